The molecular formula is C32H27BrF3N3O2. The Kier molecular flexibility index (Phi) is 7.71. The van der Waals surface area contributed by atoms with Crippen molar-refractivity contribution in [2.24, 2.45) is 5.73 Å². The molecule has 0 fully saturated rings. The van der Waals surface area contributed by atoms with E-state index in [-0.39, 0.29) is 23.8 Å². The van der Waals surface area contributed by atoms with E-state index in [1.165, 1.54) is 12.1 Å². The lowest BCUT2D eigenvalue weighted by Gasteiger charge is -2.40. The van der Waals surface area contributed by atoms with Gasteiger partial charge in [0, 0.05) is 27.9 Å². The summed E-state index contributed by atoms with van der Waals surface area (Å²) in [5.41, 5.74) is 11.0. The second-order valence-corrected chi connectivity index (χ2v) is 11.2. The molecule has 5 rings (SSSR count). The molecule has 9 heteroatoms. The van der Waals surface area contributed by atoms with Gasteiger partial charge in [0.25, 0.3) is 0 Å². The predicted octanol–water partition coefficient (Wildman–Crippen LogP) is 7.97. The van der Waals surface area contributed by atoms with Crippen molar-refractivity contribution in [2.45, 2.75) is 51.8 Å². The summed E-state index contributed by atoms with van der Waals surface area (Å²) in [7, 11) is 0. The first kappa shape index (κ1) is 28.5. The number of aryl methyl sites for hydroxylation is 1. The molecule has 0 amide bonds. The van der Waals surface area contributed by atoms with Crippen LogP contribution in [0, 0.1) is 25.2 Å². The summed E-state index contributed by atoms with van der Waals surface area (Å²) < 4.78 is 46.7. The van der Waals surface area contributed by atoms with Crippen molar-refractivity contribution in [1.29, 1.82) is 5.26 Å². The number of nitrogens with two attached hydrogens (primary N) is 1. The van der Waals surface area contributed by atoms with Gasteiger partial charge in [0.05, 0.1) is 23.1 Å². The lowest BCUT2D eigenvalue weighted by molar-refractivity contribution is -0.137. The van der Waals surface area contributed by atoms with Crippen LogP contribution in [0.3, 0.4) is 0 Å². The number of Topliss-reactive ketones (excluding diaryl/α,β-unsaturated/α-hetero) is 1. The number of carbonyl (C=O) groups excluding carboxylic acids is 1. The van der Waals surface area contributed by atoms with E-state index in [1.54, 1.807) is 4.90 Å². The monoisotopic (exact) mass is 621 g/mol. The van der Waals surface area contributed by atoms with Crippen LogP contribution in [0.1, 0.15) is 53.0 Å². The molecule has 0 saturated heterocycles. The van der Waals surface area contributed by atoms with E-state index in [2.05, 4.69) is 22.0 Å². The lowest BCUT2D eigenvalue weighted by atomic mass is 9.73. The first-order valence-electron chi connectivity index (χ1n) is 13.1. The molecule has 1 unspecified atom stereocenters. The van der Waals surface area contributed by atoms with Crippen LogP contribution < -0.4 is 15.4 Å². The maximum Gasteiger partial charge on any atom is 0.416 e. The number of carbonyl (C=O) groups is 1. The van der Waals surface area contributed by atoms with E-state index in [4.69, 9.17) is 10.5 Å². The smallest absolute Gasteiger partial charge is 0.416 e. The van der Waals surface area contributed by atoms with Crippen molar-refractivity contribution in [3.05, 3.63) is 116 Å². The Morgan fingerprint density at radius 2 is 1.76 bits per heavy atom. The summed E-state index contributed by atoms with van der Waals surface area (Å²) in [6, 6.07) is 18.3. The van der Waals surface area contributed by atoms with Gasteiger partial charge < -0.3 is 10.5 Å². The fourth-order valence-electron chi connectivity index (χ4n) is 5.60. The maximum atomic E-state index is 13.5. The van der Waals surface area contributed by atoms with Crippen LogP contribution in [0.25, 0.3) is 0 Å². The number of hydrogen-bond donors (Lipinski definition) is 1. The first-order chi connectivity index (χ1) is 19.5. The third-order valence-electron chi connectivity index (χ3n) is 7.58. The molecule has 2 N–H and O–H groups in total. The molecule has 41 heavy (non-hydrogen) atoms. The van der Waals surface area contributed by atoms with Gasteiger partial charge in [-0.05, 0) is 91.9 Å². The van der Waals surface area contributed by atoms with E-state index in [1.807, 2.05) is 50.2 Å². The molecule has 3 aromatic carbocycles. The number of ether oxygens (including phenoxy) is 1. The number of nitriles is 1. The van der Waals surface area contributed by atoms with Crippen LogP contribution in [0.2, 0.25) is 0 Å². The largest absolute Gasteiger partial charge is 0.489 e. The number of halogens is 4. The summed E-state index contributed by atoms with van der Waals surface area (Å²) in [5, 5.41) is 10.4. The van der Waals surface area contributed by atoms with Crippen LogP contribution in [-0.2, 0) is 17.6 Å². The minimum absolute atomic E-state index is 0.0954. The fraction of sp³-hybridized carbons (Fsp3) is 0.250. The van der Waals surface area contributed by atoms with E-state index in [9.17, 15) is 23.2 Å². The van der Waals surface area contributed by atoms with Gasteiger partial charge in [-0.2, -0.15) is 18.4 Å². The van der Waals surface area contributed by atoms with E-state index in [0.29, 0.717) is 42.0 Å². The van der Waals surface area contributed by atoms with Crippen molar-refractivity contribution in [1.82, 2.24) is 0 Å². The quantitative estimate of drug-likeness (QED) is 0.312. The molecule has 2 aliphatic rings. The Balaban J connectivity index is 1.61. The predicted molar refractivity (Wildman–Crippen MR) is 154 cm³/mol. The highest BCUT2D eigenvalue weighted by Crippen LogP contribution is 2.47. The Morgan fingerprint density at radius 3 is 2.39 bits per heavy atom. The highest BCUT2D eigenvalue weighted by Gasteiger charge is 2.41. The minimum atomic E-state index is -4.49. The van der Waals surface area contributed by atoms with Gasteiger partial charge in [0.1, 0.15) is 18.2 Å². The second kappa shape index (κ2) is 11.1. The number of nitrogens with zero attached hydrogens (tertiary/aromatic N) is 2. The van der Waals surface area contributed by atoms with Crippen molar-refractivity contribution in [3.63, 3.8) is 0 Å². The summed E-state index contributed by atoms with van der Waals surface area (Å²) in [6.07, 6.45) is -3.09. The lowest BCUT2D eigenvalue weighted by Crippen LogP contribution is -2.39. The van der Waals surface area contributed by atoms with Gasteiger partial charge in [-0.15, -0.1) is 0 Å². The molecule has 1 aliphatic heterocycles. The normalized spacial score (nSPS) is 17.4. The molecule has 0 radical (unpaired) electrons. The Bertz CT molecular complexity index is 1620. The summed E-state index contributed by atoms with van der Waals surface area (Å²) in [6.45, 7) is 4.17. The molecule has 1 aliphatic carbocycles. The van der Waals surface area contributed by atoms with Crippen molar-refractivity contribution in [3.8, 4) is 11.8 Å². The zero-order valence-corrected chi connectivity index (χ0v) is 24.1. The van der Waals surface area contributed by atoms with Crippen LogP contribution >= 0.6 is 15.9 Å². The van der Waals surface area contributed by atoms with Crippen molar-refractivity contribution >= 4 is 27.4 Å². The molecular weight excluding hydrogens is 595 g/mol. The number of alkyl halides is 3. The number of rotatable bonds is 5. The number of allylic oxidation sites excluding steroid dienone is 3. The van der Waals surface area contributed by atoms with Gasteiger partial charge in [-0.25, -0.2) is 0 Å². The molecule has 3 aromatic rings. The number of hydrogen-bond acceptors (Lipinski definition) is 5. The maximum absolute atomic E-state index is 13.5. The molecule has 0 aromatic heterocycles. The average Bonchev–Trinajstić information content (AvgIpc) is 2.93. The highest BCUT2D eigenvalue weighted by molar-refractivity contribution is 9.10. The van der Waals surface area contributed by atoms with Crippen LogP contribution in [0.4, 0.5) is 18.9 Å². The minimum Gasteiger partial charge on any atom is -0.489 e. The number of benzene rings is 3. The van der Waals surface area contributed by atoms with Crippen LogP contribution in [0.5, 0.6) is 5.75 Å². The molecule has 1 atom stereocenters. The summed E-state index contributed by atoms with van der Waals surface area (Å²) in [4.78, 5) is 15.1. The number of ketones is 1. The van der Waals surface area contributed by atoms with Gasteiger partial charge in [-0.1, -0.05) is 33.6 Å². The van der Waals surface area contributed by atoms with Gasteiger partial charge in [0.2, 0.25) is 0 Å². The second-order valence-electron chi connectivity index (χ2n) is 10.2. The third-order valence-corrected chi connectivity index (χ3v) is 8.11. The SMILES string of the molecule is Cc1cc(COc2ccc(Br)cc2)c(C)c(C2C(C#N)=C(N)N(c3ccc(C(F)(F)F)cc3)C3=C2C(=O)CCC3)c1. The van der Waals surface area contributed by atoms with Crippen molar-refractivity contribution < 1.29 is 22.7 Å². The first-order valence-corrected chi connectivity index (χ1v) is 13.9. The van der Waals surface area contributed by atoms with Gasteiger partial charge in [0.15, 0.2) is 5.78 Å². The summed E-state index contributed by atoms with van der Waals surface area (Å²) >= 11 is 3.42. The Labute approximate surface area is 244 Å². The zero-order chi connectivity index (χ0) is 29.5. The molecule has 210 valence electrons. The van der Waals surface area contributed by atoms with E-state index < -0.39 is 17.7 Å². The topological polar surface area (TPSA) is 79.3 Å². The average molecular weight is 622 g/mol. The van der Waals surface area contributed by atoms with Crippen LogP contribution in [-0.4, -0.2) is 5.78 Å². The van der Waals surface area contributed by atoms with Crippen molar-refractivity contribution in [2.75, 3.05) is 4.90 Å². The van der Waals surface area contributed by atoms with E-state index >= 15 is 0 Å². The standard InChI is InChI=1S/C32H27BrF3N3O2/c1-18-14-20(17-41-24-12-8-22(33)9-13-24)19(2)25(15-18)29-26(16-37)31(38)39(27-4-3-5-28(40)30(27)29)23-10-6-21(7-11-23)32(34,35)36/h6-15,29H,3-5,17,38H2,1-2H3. The molecule has 0 saturated carbocycles. The van der Waals surface area contributed by atoms with Gasteiger partial charge >= 0.3 is 6.18 Å². The number of anilines is 1. The third kappa shape index (κ3) is 5.49. The van der Waals surface area contributed by atoms with E-state index in [0.717, 1.165) is 38.9 Å². The molecule has 0 bridgehead atoms. The Morgan fingerprint density at radius 1 is 1.07 bits per heavy atom. The molecule has 5 nitrogen and oxygen atoms in total. The molecule has 1 heterocycles. The molecule has 0 spiro atoms. The fourth-order valence-corrected chi connectivity index (χ4v) is 5.86. The summed E-state index contributed by atoms with van der Waals surface area (Å²) in [5.74, 6) is 0.0240. The van der Waals surface area contributed by atoms with Crippen LogP contribution in [0.15, 0.2) is 87.8 Å². The zero-order valence-electron chi connectivity index (χ0n) is 22.5. The Hall–Kier alpha value is -4.03. The highest BCUT2D eigenvalue weighted by atomic mass is 79.9. The van der Waals surface area contributed by atoms with Gasteiger partial charge in [-0.3, -0.25) is 9.69 Å².